The minimum atomic E-state index is -0.694. The van der Waals surface area contributed by atoms with E-state index in [1.165, 1.54) is 4.90 Å². The molecule has 0 radical (unpaired) electrons. The fraction of sp³-hybridized carbons (Fsp3) is 0.407. The first-order chi connectivity index (χ1) is 16.4. The highest BCUT2D eigenvalue weighted by atomic mass is 16.5. The predicted octanol–water partition coefficient (Wildman–Crippen LogP) is 4.52. The molecule has 1 aromatic heterocycles. The maximum absolute atomic E-state index is 13.7. The van der Waals surface area contributed by atoms with Gasteiger partial charge < -0.3 is 23.9 Å². The third-order valence-electron chi connectivity index (χ3n) is 6.08. The third-order valence-corrected chi connectivity index (χ3v) is 6.08. The number of carbonyl (C=O) groups is 1. The van der Waals surface area contributed by atoms with E-state index < -0.39 is 11.9 Å². The molecule has 7 nitrogen and oxygen atoms in total. The highest BCUT2D eigenvalue weighted by Gasteiger charge is 2.42. The van der Waals surface area contributed by atoms with Crippen LogP contribution in [0.25, 0.3) is 11.0 Å². The number of nitrogens with zero attached hydrogens (tertiary/aromatic N) is 1. The highest BCUT2D eigenvalue weighted by molar-refractivity contribution is 5.99. The van der Waals surface area contributed by atoms with Gasteiger partial charge >= 0.3 is 0 Å². The second-order valence-corrected chi connectivity index (χ2v) is 8.60. The maximum Gasteiger partial charge on any atom is 0.290 e. The number of hydrogen-bond donors (Lipinski definition) is 1. The van der Waals surface area contributed by atoms with Gasteiger partial charge in [-0.1, -0.05) is 25.5 Å². The van der Waals surface area contributed by atoms with Gasteiger partial charge in [0.15, 0.2) is 16.9 Å². The first kappa shape index (κ1) is 23.8. The molecule has 0 saturated carbocycles. The van der Waals surface area contributed by atoms with Crippen molar-refractivity contribution in [3.8, 4) is 11.5 Å². The Morgan fingerprint density at radius 1 is 1.06 bits per heavy atom. The lowest BCUT2D eigenvalue weighted by atomic mass is 9.97. The summed E-state index contributed by atoms with van der Waals surface area (Å²) in [6.45, 7) is 8.62. The summed E-state index contributed by atoms with van der Waals surface area (Å²) in [4.78, 5) is 28.5. The van der Waals surface area contributed by atoms with E-state index in [0.29, 0.717) is 41.2 Å². The number of unbranched alkanes of at least 4 members (excludes halogenated alkanes) is 1. The molecule has 1 atom stereocenters. The fourth-order valence-corrected chi connectivity index (χ4v) is 4.57. The summed E-state index contributed by atoms with van der Waals surface area (Å²) in [6, 6.07) is 8.49. The van der Waals surface area contributed by atoms with E-state index in [2.05, 4.69) is 6.92 Å². The van der Waals surface area contributed by atoms with E-state index in [-0.39, 0.29) is 29.9 Å². The van der Waals surface area contributed by atoms with Crippen molar-refractivity contribution in [1.82, 2.24) is 4.90 Å². The van der Waals surface area contributed by atoms with Crippen LogP contribution in [0, 0.1) is 13.8 Å². The average molecular weight is 466 g/mol. The van der Waals surface area contributed by atoms with Gasteiger partial charge in [-0.05, 0) is 62.1 Å². The number of fused-ring (bicyclic) bond motifs is 2. The lowest BCUT2D eigenvalue weighted by Crippen LogP contribution is -2.32. The van der Waals surface area contributed by atoms with Crippen LogP contribution in [0.15, 0.2) is 39.5 Å². The first-order valence-electron chi connectivity index (χ1n) is 11.8. The van der Waals surface area contributed by atoms with Gasteiger partial charge in [-0.3, -0.25) is 9.59 Å². The quantitative estimate of drug-likeness (QED) is 0.467. The van der Waals surface area contributed by atoms with Crippen LogP contribution < -0.4 is 14.9 Å². The normalized spacial score (nSPS) is 15.1. The largest absolute Gasteiger partial charge is 0.490 e. The van der Waals surface area contributed by atoms with Crippen molar-refractivity contribution in [3.05, 3.63) is 68.6 Å². The Morgan fingerprint density at radius 3 is 2.56 bits per heavy atom. The zero-order valence-electron chi connectivity index (χ0n) is 20.1. The van der Waals surface area contributed by atoms with Crippen molar-refractivity contribution in [3.63, 3.8) is 0 Å². The van der Waals surface area contributed by atoms with E-state index in [9.17, 15) is 14.7 Å². The summed E-state index contributed by atoms with van der Waals surface area (Å²) in [5.74, 6) is 0.797. The highest BCUT2D eigenvalue weighted by Crippen LogP contribution is 2.41. The van der Waals surface area contributed by atoms with Crippen molar-refractivity contribution >= 4 is 16.9 Å². The average Bonchev–Trinajstić information content (AvgIpc) is 3.08. The molecular weight excluding hydrogens is 434 g/mol. The Bertz CT molecular complexity index is 1280. The minimum Gasteiger partial charge on any atom is -0.490 e. The van der Waals surface area contributed by atoms with Gasteiger partial charge in [-0.2, -0.15) is 0 Å². The van der Waals surface area contributed by atoms with Crippen molar-refractivity contribution in [2.24, 2.45) is 0 Å². The van der Waals surface area contributed by atoms with Crippen molar-refractivity contribution in [2.45, 2.75) is 46.6 Å². The lowest BCUT2D eigenvalue weighted by molar-refractivity contribution is 0.0691. The van der Waals surface area contributed by atoms with Gasteiger partial charge in [0.25, 0.3) is 5.91 Å². The number of aliphatic hydroxyl groups excluding tert-OH is 1. The number of β-amino-alcohol motifs (C(OH)–C–C–N with tert-alkyl or cyclic N) is 1. The van der Waals surface area contributed by atoms with Crippen molar-refractivity contribution < 1.29 is 23.8 Å². The molecule has 4 rings (SSSR count). The molecule has 0 aliphatic carbocycles. The minimum absolute atomic E-state index is 0.0316. The first-order valence-corrected chi connectivity index (χ1v) is 11.8. The Kier molecular flexibility index (Phi) is 6.93. The predicted molar refractivity (Wildman–Crippen MR) is 130 cm³/mol. The maximum atomic E-state index is 13.7. The number of aryl methyl sites for hydroxylation is 2. The van der Waals surface area contributed by atoms with Gasteiger partial charge in [0, 0.05) is 6.54 Å². The van der Waals surface area contributed by atoms with Gasteiger partial charge in [0.2, 0.25) is 5.76 Å². The summed E-state index contributed by atoms with van der Waals surface area (Å²) in [6.07, 6.45) is 1.94. The molecule has 34 heavy (non-hydrogen) atoms. The van der Waals surface area contributed by atoms with Crippen LogP contribution in [-0.2, 0) is 0 Å². The van der Waals surface area contributed by atoms with Crippen LogP contribution in [0.1, 0.15) is 65.5 Å². The van der Waals surface area contributed by atoms with Crippen LogP contribution in [0.3, 0.4) is 0 Å². The fourth-order valence-electron chi connectivity index (χ4n) is 4.57. The topological polar surface area (TPSA) is 89.2 Å². The summed E-state index contributed by atoms with van der Waals surface area (Å²) in [5, 5.41) is 10.1. The molecule has 0 bridgehead atoms. The molecule has 3 aromatic rings. The van der Waals surface area contributed by atoms with Crippen molar-refractivity contribution in [1.29, 1.82) is 0 Å². The second-order valence-electron chi connectivity index (χ2n) is 8.60. The summed E-state index contributed by atoms with van der Waals surface area (Å²) >= 11 is 0. The molecule has 0 saturated heterocycles. The smallest absolute Gasteiger partial charge is 0.290 e. The Balaban J connectivity index is 1.89. The molecule has 7 heteroatoms. The number of benzene rings is 2. The van der Waals surface area contributed by atoms with E-state index in [4.69, 9.17) is 13.9 Å². The van der Waals surface area contributed by atoms with E-state index in [0.717, 1.165) is 24.0 Å². The Labute approximate surface area is 198 Å². The number of ether oxygens (including phenoxy) is 2. The van der Waals surface area contributed by atoms with E-state index in [1.807, 2.05) is 45.0 Å². The van der Waals surface area contributed by atoms with Gasteiger partial charge in [0.1, 0.15) is 5.58 Å². The number of rotatable bonds is 9. The van der Waals surface area contributed by atoms with Gasteiger partial charge in [-0.15, -0.1) is 0 Å². The molecule has 2 aromatic carbocycles. The molecular formula is C27H31NO6. The van der Waals surface area contributed by atoms with Crippen molar-refractivity contribution in [2.75, 3.05) is 26.4 Å². The van der Waals surface area contributed by atoms with Crippen LogP contribution in [0.4, 0.5) is 0 Å². The molecule has 180 valence electrons. The molecule has 2 heterocycles. The van der Waals surface area contributed by atoms with E-state index >= 15 is 0 Å². The molecule has 0 spiro atoms. The molecule has 1 aliphatic heterocycles. The van der Waals surface area contributed by atoms with Crippen LogP contribution in [0.5, 0.6) is 11.5 Å². The van der Waals surface area contributed by atoms with E-state index in [1.54, 1.807) is 6.07 Å². The number of carbonyl (C=O) groups excluding carboxylic acids is 1. The van der Waals surface area contributed by atoms with Crippen LogP contribution in [-0.4, -0.2) is 42.3 Å². The third kappa shape index (κ3) is 4.16. The van der Waals surface area contributed by atoms with Gasteiger partial charge in [-0.25, -0.2) is 0 Å². The number of hydrogen-bond acceptors (Lipinski definition) is 6. The Hall–Kier alpha value is -3.32. The standard InChI is InChI=1S/C27H31NO6/c1-5-7-12-33-20-9-8-18(15-21(20)32-6-2)23-22-24(30)19-14-16(3)13-17(4)25(19)34-26(22)27(31)28(23)10-11-29/h8-9,13-15,23,29H,5-7,10-12H2,1-4H3. The SMILES string of the molecule is CCCCOc1ccc(C2c3c(oc4c(C)cc(C)cc4c3=O)C(=O)N2CCO)cc1OCC. The number of amides is 1. The molecule has 1 amide bonds. The summed E-state index contributed by atoms with van der Waals surface area (Å²) < 4.78 is 17.8. The summed E-state index contributed by atoms with van der Waals surface area (Å²) in [7, 11) is 0. The molecule has 1 N–H and O–H groups in total. The molecule has 1 unspecified atom stereocenters. The zero-order chi connectivity index (χ0) is 24.4. The number of aliphatic hydroxyl groups is 1. The van der Waals surface area contributed by atoms with Gasteiger partial charge in [0.05, 0.1) is 36.8 Å². The van der Waals surface area contributed by atoms with Crippen LogP contribution >= 0.6 is 0 Å². The van der Waals surface area contributed by atoms with Crippen LogP contribution in [0.2, 0.25) is 0 Å². The second kappa shape index (κ2) is 9.89. The summed E-state index contributed by atoms with van der Waals surface area (Å²) in [5.41, 5.74) is 2.91. The monoisotopic (exact) mass is 465 g/mol. The molecule has 1 aliphatic rings. The molecule has 0 fully saturated rings. The zero-order valence-corrected chi connectivity index (χ0v) is 20.1. The Morgan fingerprint density at radius 2 is 1.85 bits per heavy atom. The lowest BCUT2D eigenvalue weighted by Gasteiger charge is -2.25.